The molecule has 0 fully saturated rings. The van der Waals surface area contributed by atoms with Crippen LogP contribution in [0.1, 0.15) is 20.7 Å². The highest BCUT2D eigenvalue weighted by Gasteiger charge is 2.15. The molecule has 9 nitrogen and oxygen atoms in total. The second-order valence-electron chi connectivity index (χ2n) is 7.02. The molecule has 1 heterocycles. The summed E-state index contributed by atoms with van der Waals surface area (Å²) in [5.74, 6) is 1.18. The fraction of sp³-hybridized carbons (Fsp3) is 0.125. The molecule has 1 aromatic heterocycles. The zero-order valence-corrected chi connectivity index (χ0v) is 18.1. The summed E-state index contributed by atoms with van der Waals surface area (Å²) in [5, 5.41) is 15.3. The van der Waals surface area contributed by atoms with E-state index in [0.717, 1.165) is 0 Å². The van der Waals surface area contributed by atoms with Gasteiger partial charge in [0.25, 0.3) is 5.91 Å². The van der Waals surface area contributed by atoms with E-state index < -0.39 is 0 Å². The molecule has 1 N–H and O–H groups in total. The highest BCUT2D eigenvalue weighted by atomic mass is 16.5. The third-order valence-corrected chi connectivity index (χ3v) is 4.92. The van der Waals surface area contributed by atoms with E-state index in [2.05, 4.69) is 20.7 Å². The lowest BCUT2D eigenvalue weighted by Crippen LogP contribution is -2.13. The number of anilines is 1. The van der Waals surface area contributed by atoms with Crippen molar-refractivity contribution in [3.8, 4) is 22.9 Å². The first-order valence-corrected chi connectivity index (χ1v) is 10.1. The molecule has 0 saturated heterocycles. The maximum absolute atomic E-state index is 12.7. The molecule has 1 amide bonds. The van der Waals surface area contributed by atoms with Gasteiger partial charge in [-0.1, -0.05) is 12.1 Å². The number of para-hydroxylation sites is 1. The first-order chi connectivity index (χ1) is 16.1. The minimum Gasteiger partial charge on any atom is -0.497 e. The van der Waals surface area contributed by atoms with Gasteiger partial charge >= 0.3 is 0 Å². The zero-order chi connectivity index (χ0) is 23.2. The largest absolute Gasteiger partial charge is 0.497 e. The average molecular weight is 443 g/mol. The van der Waals surface area contributed by atoms with Crippen LogP contribution in [0.3, 0.4) is 0 Å². The molecule has 9 heteroatoms. The Labute approximate surface area is 190 Å². The normalized spacial score (nSPS) is 10.5. The number of ether oxygens (including phenoxy) is 2. The highest BCUT2D eigenvalue weighted by molar-refractivity contribution is 6.06. The van der Waals surface area contributed by atoms with Crippen molar-refractivity contribution in [3.63, 3.8) is 0 Å². The highest BCUT2D eigenvalue weighted by Crippen LogP contribution is 2.25. The molecule has 0 aliphatic heterocycles. The van der Waals surface area contributed by atoms with E-state index in [1.54, 1.807) is 80.9 Å². The summed E-state index contributed by atoms with van der Waals surface area (Å²) in [6.45, 7) is -0.0697. The van der Waals surface area contributed by atoms with Gasteiger partial charge in [0.15, 0.2) is 5.78 Å². The molecule has 4 aromatic rings. The summed E-state index contributed by atoms with van der Waals surface area (Å²) in [7, 11) is 3.13. The van der Waals surface area contributed by atoms with E-state index in [1.165, 1.54) is 4.80 Å². The fourth-order valence-corrected chi connectivity index (χ4v) is 3.14. The Balaban J connectivity index is 1.49. The number of nitrogens with zero attached hydrogens (tertiary/aromatic N) is 4. The van der Waals surface area contributed by atoms with Crippen LogP contribution in [0.15, 0.2) is 72.8 Å². The molecule has 166 valence electrons. The molecule has 0 spiro atoms. The number of Topliss-reactive ketones (excluding diaryl/α,β-unsaturated/α-hetero) is 1. The zero-order valence-electron chi connectivity index (χ0n) is 18.1. The summed E-state index contributed by atoms with van der Waals surface area (Å²) in [6, 6.07) is 20.7. The van der Waals surface area contributed by atoms with Crippen molar-refractivity contribution in [1.29, 1.82) is 0 Å². The number of carbonyl (C=O) groups excluding carboxylic acids is 2. The van der Waals surface area contributed by atoms with Crippen molar-refractivity contribution in [2.24, 2.45) is 0 Å². The summed E-state index contributed by atoms with van der Waals surface area (Å²) in [4.78, 5) is 26.4. The molecule has 33 heavy (non-hydrogen) atoms. The van der Waals surface area contributed by atoms with Gasteiger partial charge in [-0.2, -0.15) is 4.80 Å². The van der Waals surface area contributed by atoms with Gasteiger partial charge in [-0.25, -0.2) is 0 Å². The molecule has 0 aliphatic rings. The molecule has 0 unspecified atom stereocenters. The van der Waals surface area contributed by atoms with Crippen LogP contribution >= 0.6 is 0 Å². The Bertz CT molecular complexity index is 1270. The van der Waals surface area contributed by atoms with Crippen LogP contribution in [-0.4, -0.2) is 46.1 Å². The van der Waals surface area contributed by atoms with E-state index in [1.807, 2.05) is 6.07 Å². The maximum atomic E-state index is 12.7. The van der Waals surface area contributed by atoms with Crippen LogP contribution in [-0.2, 0) is 6.54 Å². The molecule has 3 aromatic carbocycles. The second kappa shape index (κ2) is 9.73. The second-order valence-corrected chi connectivity index (χ2v) is 7.02. The van der Waals surface area contributed by atoms with Crippen LogP contribution in [0.5, 0.6) is 11.5 Å². The lowest BCUT2D eigenvalue weighted by molar-refractivity contribution is 0.0960. The Kier molecular flexibility index (Phi) is 6.40. The van der Waals surface area contributed by atoms with Crippen LogP contribution in [0, 0.1) is 0 Å². The topological polar surface area (TPSA) is 108 Å². The Morgan fingerprint density at radius 2 is 1.45 bits per heavy atom. The molecular formula is C24H21N5O4. The number of carbonyl (C=O) groups is 2. The number of hydrogen-bond donors (Lipinski definition) is 1. The van der Waals surface area contributed by atoms with Crippen molar-refractivity contribution in [1.82, 2.24) is 20.2 Å². The number of ketones is 1. The predicted octanol–water partition coefficient (Wildman–Crippen LogP) is 3.49. The van der Waals surface area contributed by atoms with Crippen molar-refractivity contribution >= 4 is 17.4 Å². The van der Waals surface area contributed by atoms with Crippen LogP contribution < -0.4 is 14.8 Å². The Morgan fingerprint density at radius 1 is 0.848 bits per heavy atom. The predicted molar refractivity (Wildman–Crippen MR) is 122 cm³/mol. The van der Waals surface area contributed by atoms with Crippen LogP contribution in [0.2, 0.25) is 0 Å². The van der Waals surface area contributed by atoms with Gasteiger partial charge in [-0.05, 0) is 65.9 Å². The van der Waals surface area contributed by atoms with Crippen molar-refractivity contribution in [2.45, 2.75) is 6.54 Å². The molecule has 4 rings (SSSR count). The van der Waals surface area contributed by atoms with E-state index in [4.69, 9.17) is 9.47 Å². The van der Waals surface area contributed by atoms with Gasteiger partial charge in [0.05, 0.1) is 19.9 Å². The van der Waals surface area contributed by atoms with Crippen LogP contribution in [0.25, 0.3) is 11.4 Å². The van der Waals surface area contributed by atoms with Gasteiger partial charge in [-0.3, -0.25) is 9.59 Å². The standard InChI is InChI=1S/C24H21N5O4/c1-32-18-11-7-16(8-12-18)22(30)15-29-27-23(26-28-29)20-5-3-4-6-21(20)25-24(31)17-9-13-19(33-2)14-10-17/h3-14H,15H2,1-2H3,(H,25,31). The van der Waals surface area contributed by atoms with E-state index >= 15 is 0 Å². The summed E-state index contributed by atoms with van der Waals surface area (Å²) < 4.78 is 10.2. The van der Waals surface area contributed by atoms with Gasteiger partial charge in [0.2, 0.25) is 5.82 Å². The third kappa shape index (κ3) is 5.04. The molecule has 0 atom stereocenters. The van der Waals surface area contributed by atoms with E-state index in [-0.39, 0.29) is 18.2 Å². The molecule has 0 aliphatic carbocycles. The van der Waals surface area contributed by atoms with E-state index in [9.17, 15) is 9.59 Å². The molecule has 0 radical (unpaired) electrons. The van der Waals surface area contributed by atoms with Crippen molar-refractivity contribution in [3.05, 3.63) is 83.9 Å². The minimum absolute atomic E-state index is 0.0697. The van der Waals surface area contributed by atoms with Gasteiger partial charge < -0.3 is 14.8 Å². The van der Waals surface area contributed by atoms with Gasteiger partial charge in [0.1, 0.15) is 18.0 Å². The number of amides is 1. The first kappa shape index (κ1) is 21.7. The number of nitrogens with one attached hydrogen (secondary N) is 1. The number of benzene rings is 3. The van der Waals surface area contributed by atoms with E-state index in [0.29, 0.717) is 39.7 Å². The average Bonchev–Trinajstić information content (AvgIpc) is 3.32. The monoisotopic (exact) mass is 443 g/mol. The van der Waals surface area contributed by atoms with Crippen LogP contribution in [0.4, 0.5) is 5.69 Å². The third-order valence-electron chi connectivity index (χ3n) is 4.92. The Morgan fingerprint density at radius 3 is 2.09 bits per heavy atom. The molecular weight excluding hydrogens is 422 g/mol. The van der Waals surface area contributed by atoms with Gasteiger partial charge in [-0.15, -0.1) is 10.2 Å². The number of hydrogen-bond acceptors (Lipinski definition) is 7. The first-order valence-electron chi connectivity index (χ1n) is 10.1. The lowest BCUT2D eigenvalue weighted by atomic mass is 10.1. The quantitative estimate of drug-likeness (QED) is 0.415. The minimum atomic E-state index is -0.285. The Hall–Kier alpha value is -4.53. The smallest absolute Gasteiger partial charge is 0.255 e. The molecule has 0 saturated carbocycles. The number of aromatic nitrogens is 4. The van der Waals surface area contributed by atoms with Gasteiger partial charge in [0, 0.05) is 16.7 Å². The number of methoxy groups -OCH3 is 2. The molecule has 0 bridgehead atoms. The summed E-state index contributed by atoms with van der Waals surface area (Å²) in [6.07, 6.45) is 0. The summed E-state index contributed by atoms with van der Waals surface area (Å²) in [5.41, 5.74) is 2.11. The SMILES string of the molecule is COc1ccc(C(=O)Cn2nnc(-c3ccccc3NC(=O)c3ccc(OC)cc3)n2)cc1. The summed E-state index contributed by atoms with van der Waals surface area (Å²) >= 11 is 0. The lowest BCUT2D eigenvalue weighted by Gasteiger charge is -2.09. The maximum Gasteiger partial charge on any atom is 0.255 e. The van der Waals surface area contributed by atoms with Crippen molar-refractivity contribution in [2.75, 3.05) is 19.5 Å². The van der Waals surface area contributed by atoms with Crippen molar-refractivity contribution < 1.29 is 19.1 Å². The fourth-order valence-electron chi connectivity index (χ4n) is 3.14. The number of rotatable bonds is 8. The number of tetrazole rings is 1.